The van der Waals surface area contributed by atoms with E-state index in [9.17, 15) is 8.42 Å². The van der Waals surface area contributed by atoms with Gasteiger partial charge in [0.05, 0.1) is 10.6 Å². The maximum absolute atomic E-state index is 11.8. The van der Waals surface area contributed by atoms with Crippen molar-refractivity contribution in [3.05, 3.63) is 24.3 Å². The zero-order chi connectivity index (χ0) is 14.3. The van der Waals surface area contributed by atoms with Gasteiger partial charge in [-0.1, -0.05) is 20.8 Å². The van der Waals surface area contributed by atoms with Crippen LogP contribution in [0.1, 0.15) is 27.2 Å². The van der Waals surface area contributed by atoms with Crippen LogP contribution in [0.2, 0.25) is 0 Å². The minimum Gasteiger partial charge on any atom is -0.384 e. The fourth-order valence-electron chi connectivity index (χ4n) is 1.73. The Morgan fingerprint density at radius 2 is 1.74 bits per heavy atom. The molecule has 0 bridgehead atoms. The van der Waals surface area contributed by atoms with Crippen molar-refractivity contribution >= 4 is 15.5 Å². The van der Waals surface area contributed by atoms with Crippen molar-refractivity contribution in [1.29, 1.82) is 0 Å². The molecule has 1 aromatic carbocycles. The molecule has 0 aliphatic carbocycles. The van der Waals surface area contributed by atoms with Gasteiger partial charge in [-0.3, -0.25) is 0 Å². The standard InChI is InChI=1S/C14H24N2O2S/c1-4-11-19(17,18)14-7-5-13(6-8-14)16-10-9-15-12(2)3/h5-8,12,15-16H,4,9-11H2,1-3H3. The Morgan fingerprint density at radius 1 is 1.11 bits per heavy atom. The summed E-state index contributed by atoms with van der Waals surface area (Å²) in [4.78, 5) is 0.403. The largest absolute Gasteiger partial charge is 0.384 e. The predicted octanol–water partition coefficient (Wildman–Crippen LogP) is 2.28. The minimum atomic E-state index is -3.10. The number of benzene rings is 1. The number of hydrogen-bond acceptors (Lipinski definition) is 4. The zero-order valence-corrected chi connectivity index (χ0v) is 12.8. The summed E-state index contributed by atoms with van der Waals surface area (Å²) < 4.78 is 23.7. The SMILES string of the molecule is CCCS(=O)(=O)c1ccc(NCCNC(C)C)cc1. The van der Waals surface area contributed by atoms with Gasteiger partial charge in [0.25, 0.3) is 0 Å². The van der Waals surface area contributed by atoms with Crippen LogP contribution in [-0.2, 0) is 9.84 Å². The maximum atomic E-state index is 11.8. The Morgan fingerprint density at radius 3 is 2.26 bits per heavy atom. The fraction of sp³-hybridized carbons (Fsp3) is 0.571. The molecule has 0 aromatic heterocycles. The summed E-state index contributed by atoms with van der Waals surface area (Å²) in [6.07, 6.45) is 0.642. The van der Waals surface area contributed by atoms with E-state index in [2.05, 4.69) is 24.5 Å². The molecule has 0 amide bonds. The molecule has 1 rings (SSSR count). The van der Waals surface area contributed by atoms with E-state index in [4.69, 9.17) is 0 Å². The van der Waals surface area contributed by atoms with Gasteiger partial charge < -0.3 is 10.6 Å². The van der Waals surface area contributed by atoms with E-state index in [1.165, 1.54) is 0 Å². The first kappa shape index (κ1) is 16.0. The fourth-order valence-corrected chi connectivity index (χ4v) is 3.06. The second-order valence-electron chi connectivity index (χ2n) is 4.88. The Balaban J connectivity index is 2.52. The van der Waals surface area contributed by atoms with E-state index in [1.54, 1.807) is 12.1 Å². The van der Waals surface area contributed by atoms with E-state index in [1.807, 2.05) is 19.1 Å². The Kier molecular flexibility index (Phi) is 6.31. The van der Waals surface area contributed by atoms with Gasteiger partial charge in [0, 0.05) is 24.8 Å². The first-order valence-electron chi connectivity index (χ1n) is 6.76. The van der Waals surface area contributed by atoms with Crippen molar-refractivity contribution in [2.75, 3.05) is 24.2 Å². The summed E-state index contributed by atoms with van der Waals surface area (Å²) in [7, 11) is -3.10. The van der Waals surface area contributed by atoms with Crippen molar-refractivity contribution < 1.29 is 8.42 Å². The van der Waals surface area contributed by atoms with E-state index in [0.717, 1.165) is 18.8 Å². The average Bonchev–Trinajstić information content (AvgIpc) is 2.35. The van der Waals surface area contributed by atoms with Gasteiger partial charge in [0.1, 0.15) is 0 Å². The smallest absolute Gasteiger partial charge is 0.178 e. The summed E-state index contributed by atoms with van der Waals surface area (Å²) in [6.45, 7) is 7.78. The highest BCUT2D eigenvalue weighted by Gasteiger charge is 2.12. The normalized spacial score (nSPS) is 11.8. The van der Waals surface area contributed by atoms with Crippen LogP contribution < -0.4 is 10.6 Å². The topological polar surface area (TPSA) is 58.2 Å². The van der Waals surface area contributed by atoms with Gasteiger partial charge in [-0.25, -0.2) is 8.42 Å². The number of anilines is 1. The number of hydrogen-bond donors (Lipinski definition) is 2. The molecule has 0 aliphatic heterocycles. The highest BCUT2D eigenvalue weighted by Crippen LogP contribution is 2.15. The van der Waals surface area contributed by atoms with Gasteiger partial charge in [-0.15, -0.1) is 0 Å². The summed E-state index contributed by atoms with van der Waals surface area (Å²) in [5.41, 5.74) is 0.945. The Labute approximate surface area is 116 Å². The van der Waals surface area contributed by atoms with Crippen molar-refractivity contribution in [3.8, 4) is 0 Å². The monoisotopic (exact) mass is 284 g/mol. The third-order valence-corrected chi connectivity index (χ3v) is 4.63. The van der Waals surface area contributed by atoms with E-state index in [0.29, 0.717) is 17.4 Å². The first-order valence-corrected chi connectivity index (χ1v) is 8.41. The van der Waals surface area contributed by atoms with Gasteiger partial charge in [-0.2, -0.15) is 0 Å². The molecule has 0 heterocycles. The zero-order valence-electron chi connectivity index (χ0n) is 11.9. The highest BCUT2D eigenvalue weighted by molar-refractivity contribution is 7.91. The van der Waals surface area contributed by atoms with Crippen LogP contribution in [0, 0.1) is 0 Å². The molecule has 0 spiro atoms. The molecule has 4 nitrogen and oxygen atoms in total. The highest BCUT2D eigenvalue weighted by atomic mass is 32.2. The first-order chi connectivity index (χ1) is 8.95. The molecule has 0 unspecified atom stereocenters. The molecule has 0 saturated heterocycles. The second-order valence-corrected chi connectivity index (χ2v) is 6.99. The molecular formula is C14H24N2O2S. The van der Waals surface area contributed by atoms with Crippen LogP contribution in [0.25, 0.3) is 0 Å². The molecule has 5 heteroatoms. The minimum absolute atomic E-state index is 0.206. The van der Waals surface area contributed by atoms with Crippen LogP contribution in [0.3, 0.4) is 0 Å². The molecule has 0 fully saturated rings. The average molecular weight is 284 g/mol. The summed E-state index contributed by atoms with van der Waals surface area (Å²) >= 11 is 0. The van der Waals surface area contributed by atoms with Crippen LogP contribution in [0.5, 0.6) is 0 Å². The van der Waals surface area contributed by atoms with Gasteiger partial charge >= 0.3 is 0 Å². The lowest BCUT2D eigenvalue weighted by Gasteiger charge is -2.10. The molecule has 0 aliphatic rings. The van der Waals surface area contributed by atoms with Crippen molar-refractivity contribution in [3.63, 3.8) is 0 Å². The molecule has 2 N–H and O–H groups in total. The molecular weight excluding hydrogens is 260 g/mol. The van der Waals surface area contributed by atoms with Crippen LogP contribution >= 0.6 is 0 Å². The van der Waals surface area contributed by atoms with Crippen LogP contribution in [-0.4, -0.2) is 33.3 Å². The summed E-state index contributed by atoms with van der Waals surface area (Å²) in [6, 6.07) is 7.45. The Bertz CT molecular complexity index is 467. The third kappa shape index (κ3) is 5.61. The number of nitrogens with one attached hydrogen (secondary N) is 2. The van der Waals surface area contributed by atoms with Crippen LogP contribution in [0.15, 0.2) is 29.2 Å². The summed E-state index contributed by atoms with van der Waals surface area (Å²) in [5.74, 6) is 0.206. The number of rotatable bonds is 8. The summed E-state index contributed by atoms with van der Waals surface area (Å²) in [5, 5.41) is 6.56. The molecule has 1 aromatic rings. The maximum Gasteiger partial charge on any atom is 0.178 e. The predicted molar refractivity (Wildman–Crippen MR) is 80.4 cm³/mol. The van der Waals surface area contributed by atoms with E-state index >= 15 is 0 Å². The molecule has 0 saturated carbocycles. The number of sulfone groups is 1. The second kappa shape index (κ2) is 7.50. The van der Waals surface area contributed by atoms with Gasteiger partial charge in [0.2, 0.25) is 0 Å². The van der Waals surface area contributed by atoms with Gasteiger partial charge in [0.15, 0.2) is 9.84 Å². The molecule has 0 atom stereocenters. The van der Waals surface area contributed by atoms with Crippen LogP contribution in [0.4, 0.5) is 5.69 Å². The van der Waals surface area contributed by atoms with Gasteiger partial charge in [-0.05, 0) is 30.7 Å². The Hall–Kier alpha value is -1.07. The van der Waals surface area contributed by atoms with E-state index in [-0.39, 0.29) is 5.75 Å². The van der Waals surface area contributed by atoms with Crippen molar-refractivity contribution in [1.82, 2.24) is 5.32 Å². The lowest BCUT2D eigenvalue weighted by Crippen LogP contribution is -2.28. The molecule has 0 radical (unpaired) electrons. The van der Waals surface area contributed by atoms with E-state index < -0.39 is 9.84 Å². The third-order valence-electron chi connectivity index (χ3n) is 2.69. The lowest BCUT2D eigenvalue weighted by molar-refractivity contribution is 0.594. The van der Waals surface area contributed by atoms with Crippen molar-refractivity contribution in [2.45, 2.75) is 38.1 Å². The molecule has 108 valence electrons. The lowest BCUT2D eigenvalue weighted by atomic mass is 10.3. The van der Waals surface area contributed by atoms with Crippen molar-refractivity contribution in [2.24, 2.45) is 0 Å². The molecule has 19 heavy (non-hydrogen) atoms. The quantitative estimate of drug-likeness (QED) is 0.719.